The Labute approximate surface area is 231 Å². The summed E-state index contributed by atoms with van der Waals surface area (Å²) >= 11 is 0. The molecule has 0 saturated carbocycles. The fourth-order valence-corrected chi connectivity index (χ4v) is 7.36. The molecule has 4 aromatic carbocycles. The second-order valence-corrected chi connectivity index (χ2v) is 12.8. The first-order valence-electron chi connectivity index (χ1n) is 12.6. The molecule has 6 aromatic rings. The van der Waals surface area contributed by atoms with Gasteiger partial charge in [-0.1, -0.05) is 78.9 Å². The Morgan fingerprint density at radius 1 is 0.625 bits per heavy atom. The van der Waals surface area contributed by atoms with Crippen molar-refractivity contribution in [1.82, 2.24) is 14.5 Å². The molecule has 40 heavy (non-hydrogen) atoms. The zero-order valence-corrected chi connectivity index (χ0v) is 22.8. The van der Waals surface area contributed by atoms with Crippen LogP contribution < -0.4 is 4.72 Å². The van der Waals surface area contributed by atoms with E-state index in [4.69, 9.17) is 9.97 Å². The van der Waals surface area contributed by atoms with E-state index in [9.17, 15) is 16.8 Å². The number of nitrogens with zero attached hydrogens (tertiary/aromatic N) is 3. The third-order valence-corrected chi connectivity index (χ3v) is 9.75. The molecular weight excluding hydrogens is 544 g/mol. The lowest BCUT2D eigenvalue weighted by molar-refractivity contribution is 0.596. The number of aryl methyl sites for hydroxylation is 2. The zero-order chi connectivity index (χ0) is 27.7. The predicted molar refractivity (Wildman–Crippen MR) is 154 cm³/mol. The molecule has 6 rings (SSSR count). The number of hydrogen-bond donors (Lipinski definition) is 1. The lowest BCUT2D eigenvalue weighted by atomic mass is 10.1. The molecular formula is C30H24N4O4S2. The molecule has 0 radical (unpaired) electrons. The van der Waals surface area contributed by atoms with Crippen molar-refractivity contribution in [1.29, 1.82) is 0 Å². The first kappa shape index (κ1) is 25.7. The van der Waals surface area contributed by atoms with E-state index in [-0.39, 0.29) is 38.2 Å². The van der Waals surface area contributed by atoms with Crippen LogP contribution in [0.4, 0.5) is 5.82 Å². The van der Waals surface area contributed by atoms with Gasteiger partial charge in [0.05, 0.1) is 20.8 Å². The summed E-state index contributed by atoms with van der Waals surface area (Å²) in [4.78, 5) is 9.28. The van der Waals surface area contributed by atoms with Crippen LogP contribution in [0.5, 0.6) is 0 Å². The van der Waals surface area contributed by atoms with Crippen LogP contribution in [0, 0.1) is 0 Å². The Balaban J connectivity index is 1.66. The fourth-order valence-electron chi connectivity index (χ4n) is 4.63. The van der Waals surface area contributed by atoms with Crippen molar-refractivity contribution in [3.05, 3.63) is 121 Å². The first-order valence-corrected chi connectivity index (χ1v) is 15.5. The molecule has 10 heteroatoms. The molecule has 0 aliphatic rings. The van der Waals surface area contributed by atoms with Gasteiger partial charge in [0.15, 0.2) is 5.65 Å². The molecule has 1 N–H and O–H groups in total. The molecule has 200 valence electrons. The minimum Gasteiger partial charge on any atom is -0.309 e. The Hall–Kier alpha value is -4.54. The van der Waals surface area contributed by atoms with Crippen molar-refractivity contribution >= 4 is 47.9 Å². The zero-order valence-electron chi connectivity index (χ0n) is 21.2. The van der Waals surface area contributed by atoms with Gasteiger partial charge in [-0.15, -0.1) is 0 Å². The van der Waals surface area contributed by atoms with Gasteiger partial charge in [0.2, 0.25) is 9.84 Å². The average Bonchev–Trinajstić information content (AvgIpc) is 3.27. The molecule has 0 aliphatic carbocycles. The highest BCUT2D eigenvalue weighted by Gasteiger charge is 2.33. The van der Waals surface area contributed by atoms with Crippen molar-refractivity contribution in [2.75, 3.05) is 4.72 Å². The molecule has 0 spiro atoms. The quantitative estimate of drug-likeness (QED) is 0.261. The van der Waals surface area contributed by atoms with Gasteiger partial charge in [-0.3, -0.25) is 4.72 Å². The van der Waals surface area contributed by atoms with Gasteiger partial charge in [-0.2, -0.15) is 0 Å². The maximum Gasteiger partial charge on any atom is 0.263 e. The monoisotopic (exact) mass is 568 g/mol. The third-order valence-electron chi connectivity index (χ3n) is 6.58. The molecule has 0 atom stereocenters. The number of rotatable bonds is 8. The number of fused-ring (bicyclic) bond motifs is 2. The Kier molecular flexibility index (Phi) is 6.57. The maximum atomic E-state index is 14.2. The summed E-state index contributed by atoms with van der Waals surface area (Å²) < 4.78 is 59.8. The number of sulfonamides is 1. The van der Waals surface area contributed by atoms with E-state index in [1.807, 2.05) is 36.4 Å². The minimum absolute atomic E-state index is 0.00371. The summed E-state index contributed by atoms with van der Waals surface area (Å²) in [5.74, 6) is -0.103. The Bertz CT molecular complexity index is 2050. The number of benzene rings is 4. The van der Waals surface area contributed by atoms with Gasteiger partial charge >= 0.3 is 0 Å². The summed E-state index contributed by atoms with van der Waals surface area (Å²) in [6, 6.07) is 32.6. The van der Waals surface area contributed by atoms with Gasteiger partial charge in [0.25, 0.3) is 10.0 Å². The number of nitrogens with one attached hydrogen (secondary N) is 1. The van der Waals surface area contributed by atoms with Crippen LogP contribution >= 0.6 is 0 Å². The lowest BCUT2D eigenvalue weighted by Crippen LogP contribution is -2.19. The van der Waals surface area contributed by atoms with Crippen LogP contribution in [0.2, 0.25) is 0 Å². The minimum atomic E-state index is -4.23. The van der Waals surface area contributed by atoms with E-state index in [1.54, 1.807) is 59.2 Å². The van der Waals surface area contributed by atoms with Crippen LogP contribution in [-0.4, -0.2) is 31.4 Å². The molecule has 8 nitrogen and oxygen atoms in total. The predicted octanol–water partition coefficient (Wildman–Crippen LogP) is 5.46. The third kappa shape index (κ3) is 4.72. The average molecular weight is 569 g/mol. The summed E-state index contributed by atoms with van der Waals surface area (Å²) in [6.45, 7) is 0.254. The number of anilines is 1. The Morgan fingerprint density at radius 2 is 1.15 bits per heavy atom. The van der Waals surface area contributed by atoms with Crippen molar-refractivity contribution in [2.24, 2.45) is 0 Å². The van der Waals surface area contributed by atoms with E-state index in [2.05, 4.69) is 4.72 Å². The first-order chi connectivity index (χ1) is 19.3. The van der Waals surface area contributed by atoms with E-state index in [0.29, 0.717) is 17.5 Å². The Morgan fingerprint density at radius 3 is 1.77 bits per heavy atom. The lowest BCUT2D eigenvalue weighted by Gasteiger charge is -2.15. The van der Waals surface area contributed by atoms with E-state index in [1.165, 1.54) is 24.3 Å². The van der Waals surface area contributed by atoms with E-state index >= 15 is 0 Å². The molecule has 0 fully saturated rings. The molecule has 0 bridgehead atoms. The molecule has 2 aromatic heterocycles. The highest BCUT2D eigenvalue weighted by molar-refractivity contribution is 7.93. The van der Waals surface area contributed by atoms with Crippen LogP contribution in [0.3, 0.4) is 0 Å². The topological polar surface area (TPSA) is 111 Å². The van der Waals surface area contributed by atoms with Gasteiger partial charge in [0.1, 0.15) is 16.2 Å². The molecule has 0 unspecified atom stereocenters. The highest BCUT2D eigenvalue weighted by Crippen LogP contribution is 2.38. The summed E-state index contributed by atoms with van der Waals surface area (Å²) in [5, 5.41) is 0. The van der Waals surface area contributed by atoms with Gasteiger partial charge < -0.3 is 4.57 Å². The van der Waals surface area contributed by atoms with E-state index in [0.717, 1.165) is 5.56 Å². The van der Waals surface area contributed by atoms with Crippen molar-refractivity contribution in [3.8, 4) is 0 Å². The largest absolute Gasteiger partial charge is 0.309 e. The maximum absolute atomic E-state index is 14.2. The van der Waals surface area contributed by atoms with Crippen LogP contribution in [0.1, 0.15) is 5.56 Å². The second-order valence-electron chi connectivity index (χ2n) is 9.18. The van der Waals surface area contributed by atoms with Gasteiger partial charge in [-0.25, -0.2) is 26.8 Å². The summed E-state index contributed by atoms with van der Waals surface area (Å²) in [7, 11) is -8.40. The second kappa shape index (κ2) is 10.2. The number of para-hydroxylation sites is 2. The normalized spacial score (nSPS) is 12.1. The van der Waals surface area contributed by atoms with Crippen molar-refractivity contribution in [2.45, 2.75) is 27.7 Å². The molecule has 0 saturated heterocycles. The number of sulfone groups is 1. The van der Waals surface area contributed by atoms with Gasteiger partial charge in [0, 0.05) is 6.54 Å². The summed E-state index contributed by atoms with van der Waals surface area (Å²) in [6.07, 6.45) is 0.504. The summed E-state index contributed by atoms with van der Waals surface area (Å²) in [5.41, 5.74) is 2.44. The van der Waals surface area contributed by atoms with Crippen LogP contribution in [-0.2, 0) is 32.8 Å². The molecule has 2 heterocycles. The number of aromatic nitrogens is 3. The molecule has 0 amide bonds. The van der Waals surface area contributed by atoms with Gasteiger partial charge in [-0.05, 0) is 48.4 Å². The van der Waals surface area contributed by atoms with Crippen LogP contribution in [0.15, 0.2) is 130 Å². The van der Waals surface area contributed by atoms with Crippen molar-refractivity contribution in [3.63, 3.8) is 0 Å². The standard InChI is InChI=1S/C30H24N4O4S2/c35-39(36,23-14-6-2-7-15-23)28-27-29(32-26-19-11-10-18-25(26)31-27)34(21-20-22-12-4-1-5-13-22)30(28)33-40(37,38)24-16-8-3-9-17-24/h1-19,33H,20-21H2. The van der Waals surface area contributed by atoms with E-state index < -0.39 is 19.9 Å². The number of hydrogen-bond acceptors (Lipinski definition) is 6. The molecule has 0 aliphatic heterocycles. The highest BCUT2D eigenvalue weighted by atomic mass is 32.2. The van der Waals surface area contributed by atoms with Crippen LogP contribution in [0.25, 0.3) is 22.2 Å². The fraction of sp³-hybridized carbons (Fsp3) is 0.0667. The SMILES string of the molecule is O=S(=O)(Nc1c(S(=O)(=O)c2ccccc2)c2nc3ccccc3nc2n1CCc1ccccc1)c1ccccc1. The smallest absolute Gasteiger partial charge is 0.263 e. The van der Waals surface area contributed by atoms with Crippen molar-refractivity contribution < 1.29 is 16.8 Å².